The number of phosphoric ester groups is 1. The van der Waals surface area contributed by atoms with Crippen LogP contribution in [0.1, 0.15) is 174 Å². The largest absolute Gasteiger partial charge is 0.472 e. The molecule has 0 radical (unpaired) electrons. The molecule has 0 aliphatic rings. The van der Waals surface area contributed by atoms with Gasteiger partial charge in [0.2, 0.25) is 0 Å². The van der Waals surface area contributed by atoms with Crippen LogP contribution >= 0.6 is 7.82 Å². The number of unbranched alkanes of at least 4 members (excludes halogenated alkanes) is 19. The summed E-state index contributed by atoms with van der Waals surface area (Å²) in [5.41, 5.74) is 5.34. The third-order valence-electron chi connectivity index (χ3n) is 8.31. The quantitative estimate of drug-likeness (QED) is 0.0281. The van der Waals surface area contributed by atoms with Crippen molar-refractivity contribution in [3.63, 3.8) is 0 Å². The van der Waals surface area contributed by atoms with Gasteiger partial charge < -0.3 is 20.1 Å². The van der Waals surface area contributed by atoms with Gasteiger partial charge in [-0.05, 0) is 51.4 Å². The van der Waals surface area contributed by atoms with E-state index in [9.17, 15) is 14.3 Å². The average Bonchev–Trinajstić information content (AvgIpc) is 3.09. The molecule has 0 heterocycles. The number of allylic oxidation sites excluding steroid dienone is 6. The lowest BCUT2D eigenvalue weighted by Crippen LogP contribution is -2.28. The van der Waals surface area contributed by atoms with Gasteiger partial charge in [0.15, 0.2) is 0 Å². The number of rotatable bonds is 38. The second-order valence-corrected chi connectivity index (χ2v) is 14.6. The van der Waals surface area contributed by atoms with Crippen molar-refractivity contribution in [2.75, 3.05) is 33.0 Å². The zero-order chi connectivity index (χ0) is 35.9. The van der Waals surface area contributed by atoms with E-state index in [-0.39, 0.29) is 32.3 Å². The molecule has 8 nitrogen and oxygen atoms in total. The van der Waals surface area contributed by atoms with Crippen molar-refractivity contribution in [1.82, 2.24) is 0 Å². The Hall–Kier alpha value is -1.28. The minimum atomic E-state index is -4.27. The monoisotopic (exact) mass is 714 g/mol. The molecule has 0 aliphatic carbocycles. The number of phosphoric acid groups is 1. The summed E-state index contributed by atoms with van der Waals surface area (Å²) in [6, 6.07) is 0. The minimum absolute atomic E-state index is 0.0974. The van der Waals surface area contributed by atoms with E-state index >= 15 is 0 Å². The van der Waals surface area contributed by atoms with E-state index in [1.54, 1.807) is 0 Å². The Bertz CT molecular complexity index is 848. The van der Waals surface area contributed by atoms with E-state index in [2.05, 4.69) is 50.3 Å². The first-order chi connectivity index (χ1) is 23.9. The number of ether oxygens (including phenoxy) is 2. The van der Waals surface area contributed by atoms with Crippen molar-refractivity contribution < 1.29 is 32.8 Å². The fourth-order valence-electron chi connectivity index (χ4n) is 5.36. The number of esters is 1. The molecule has 0 bridgehead atoms. The molecule has 0 saturated carbocycles. The van der Waals surface area contributed by atoms with Gasteiger partial charge in [0.1, 0.15) is 6.10 Å². The Morgan fingerprint density at radius 3 is 1.61 bits per heavy atom. The van der Waals surface area contributed by atoms with Crippen molar-refractivity contribution in [3.05, 3.63) is 36.5 Å². The van der Waals surface area contributed by atoms with Crippen molar-refractivity contribution in [1.29, 1.82) is 0 Å². The minimum Gasteiger partial charge on any atom is -0.457 e. The van der Waals surface area contributed by atoms with Gasteiger partial charge in [0, 0.05) is 19.6 Å². The van der Waals surface area contributed by atoms with Crippen LogP contribution in [0.2, 0.25) is 0 Å². The smallest absolute Gasteiger partial charge is 0.457 e. The maximum absolute atomic E-state index is 12.4. The van der Waals surface area contributed by atoms with Gasteiger partial charge in [-0.1, -0.05) is 153 Å². The zero-order valence-electron chi connectivity index (χ0n) is 31.7. The van der Waals surface area contributed by atoms with Crippen LogP contribution in [-0.2, 0) is 27.9 Å². The Labute approximate surface area is 301 Å². The van der Waals surface area contributed by atoms with Gasteiger partial charge in [-0.15, -0.1) is 0 Å². The SMILES string of the molecule is CCCCCCC/C=C\C/C=C\C/C=C\CCCCCCCCCOCC(COP(=O)(O)OCCN)OC(=O)CCCCCCCCCC. The molecule has 9 heteroatoms. The molecule has 0 aromatic rings. The highest BCUT2D eigenvalue weighted by molar-refractivity contribution is 7.47. The third kappa shape index (κ3) is 37.8. The Morgan fingerprint density at radius 1 is 0.612 bits per heavy atom. The molecule has 3 N–H and O–H groups in total. The van der Waals surface area contributed by atoms with Crippen LogP contribution in [0.4, 0.5) is 0 Å². The number of hydrogen-bond donors (Lipinski definition) is 2. The Morgan fingerprint density at radius 2 is 1.08 bits per heavy atom. The molecule has 49 heavy (non-hydrogen) atoms. The van der Waals surface area contributed by atoms with Crippen molar-refractivity contribution >= 4 is 13.8 Å². The number of nitrogens with two attached hydrogens (primary N) is 1. The summed E-state index contributed by atoms with van der Waals surface area (Å²) in [6.45, 7) is 4.85. The number of hydrogen-bond acceptors (Lipinski definition) is 7. The maximum atomic E-state index is 12.4. The summed E-state index contributed by atoms with van der Waals surface area (Å²) in [5.74, 6) is -0.340. The molecule has 0 aromatic carbocycles. The highest BCUT2D eigenvalue weighted by Gasteiger charge is 2.25. The van der Waals surface area contributed by atoms with E-state index < -0.39 is 13.9 Å². The molecule has 0 saturated heterocycles. The van der Waals surface area contributed by atoms with Gasteiger partial charge >= 0.3 is 13.8 Å². The summed E-state index contributed by atoms with van der Waals surface area (Å²) >= 11 is 0. The van der Waals surface area contributed by atoms with Crippen LogP contribution in [0.5, 0.6) is 0 Å². The van der Waals surface area contributed by atoms with Crippen molar-refractivity contribution in [3.8, 4) is 0 Å². The van der Waals surface area contributed by atoms with Gasteiger partial charge in [-0.3, -0.25) is 13.8 Å². The second kappa shape index (κ2) is 38.0. The van der Waals surface area contributed by atoms with E-state index in [1.807, 2.05) is 0 Å². The fourth-order valence-corrected chi connectivity index (χ4v) is 6.12. The summed E-state index contributed by atoms with van der Waals surface area (Å²) < 4.78 is 33.2. The van der Waals surface area contributed by atoms with E-state index in [1.165, 1.54) is 103 Å². The molecular weight excluding hydrogens is 637 g/mol. The first kappa shape index (κ1) is 47.7. The summed E-state index contributed by atoms with van der Waals surface area (Å²) in [7, 11) is -4.27. The molecular formula is C40H76NO7P. The summed E-state index contributed by atoms with van der Waals surface area (Å²) in [6.07, 6.45) is 41.7. The molecule has 0 fully saturated rings. The van der Waals surface area contributed by atoms with Crippen molar-refractivity contribution in [2.24, 2.45) is 5.73 Å². The van der Waals surface area contributed by atoms with Crippen LogP contribution < -0.4 is 5.73 Å². The first-order valence-electron chi connectivity index (χ1n) is 20.0. The molecule has 0 amide bonds. The summed E-state index contributed by atoms with van der Waals surface area (Å²) in [4.78, 5) is 22.3. The highest BCUT2D eigenvalue weighted by atomic mass is 31.2. The van der Waals surface area contributed by atoms with Crippen LogP contribution in [-0.4, -0.2) is 49.9 Å². The van der Waals surface area contributed by atoms with E-state index in [0.29, 0.717) is 13.0 Å². The molecule has 0 aromatic heterocycles. The fraction of sp³-hybridized carbons (Fsp3) is 0.825. The highest BCUT2D eigenvalue weighted by Crippen LogP contribution is 2.43. The third-order valence-corrected chi connectivity index (χ3v) is 9.29. The first-order valence-corrected chi connectivity index (χ1v) is 21.5. The van der Waals surface area contributed by atoms with Crippen LogP contribution in [0.3, 0.4) is 0 Å². The van der Waals surface area contributed by atoms with Gasteiger partial charge in [-0.2, -0.15) is 0 Å². The number of carbonyl (C=O) groups is 1. The van der Waals surface area contributed by atoms with Crippen LogP contribution in [0, 0.1) is 0 Å². The molecule has 0 aliphatic heterocycles. The lowest BCUT2D eigenvalue weighted by atomic mass is 10.1. The normalized spacial score (nSPS) is 14.0. The predicted molar refractivity (Wildman–Crippen MR) is 206 cm³/mol. The van der Waals surface area contributed by atoms with Crippen LogP contribution in [0.25, 0.3) is 0 Å². The number of carbonyl (C=O) groups excluding carboxylic acids is 1. The van der Waals surface area contributed by atoms with Gasteiger partial charge in [0.05, 0.1) is 19.8 Å². The molecule has 0 rings (SSSR count). The van der Waals surface area contributed by atoms with Gasteiger partial charge in [-0.25, -0.2) is 4.57 Å². The Kier molecular flexibility index (Phi) is 37.0. The van der Waals surface area contributed by atoms with Crippen molar-refractivity contribution in [2.45, 2.75) is 180 Å². The second-order valence-electron chi connectivity index (χ2n) is 13.1. The maximum Gasteiger partial charge on any atom is 0.472 e. The standard InChI is InChI=1S/C40H76NO7P/c1-3-5-7-9-11-13-14-15-16-17-18-19-20-21-22-23-24-25-26-28-30-32-35-45-37-39(38-47-49(43,44)46-36-34-41)48-40(42)33-31-29-27-12-10-8-6-4-2/h14-15,17-18,20-21,39H,3-13,16,19,22-38,41H2,1-2H3,(H,43,44)/b15-14-,18-17-,21-20-. The average molecular weight is 714 g/mol. The molecule has 2 atom stereocenters. The van der Waals surface area contributed by atoms with Crippen LogP contribution in [0.15, 0.2) is 36.5 Å². The molecule has 288 valence electrons. The Balaban J connectivity index is 3.97. The lowest BCUT2D eigenvalue weighted by Gasteiger charge is -2.20. The lowest BCUT2D eigenvalue weighted by molar-refractivity contribution is -0.154. The topological polar surface area (TPSA) is 117 Å². The van der Waals surface area contributed by atoms with Gasteiger partial charge in [0.25, 0.3) is 0 Å². The predicted octanol–water partition coefficient (Wildman–Crippen LogP) is 11.5. The zero-order valence-corrected chi connectivity index (χ0v) is 32.6. The van der Waals surface area contributed by atoms with E-state index in [0.717, 1.165) is 51.4 Å². The van der Waals surface area contributed by atoms with E-state index in [4.69, 9.17) is 24.3 Å². The summed E-state index contributed by atoms with van der Waals surface area (Å²) in [5, 5.41) is 0. The molecule has 0 spiro atoms. The molecule has 2 unspecified atom stereocenters.